The Balaban J connectivity index is 1.48. The molecular weight excluding hydrogens is 280 g/mol. The van der Waals surface area contributed by atoms with Crippen molar-refractivity contribution in [3.8, 4) is 0 Å². The number of furan rings is 1. The number of rotatable bonds is 8. The molecule has 0 saturated carbocycles. The van der Waals surface area contributed by atoms with Gasteiger partial charge in [0.1, 0.15) is 18.9 Å². The molecule has 0 aromatic carbocycles. The van der Waals surface area contributed by atoms with Crippen LogP contribution in [-0.4, -0.2) is 48.0 Å². The highest BCUT2D eigenvalue weighted by molar-refractivity contribution is 8.00. The second kappa shape index (κ2) is 7.96. The van der Waals surface area contributed by atoms with Crippen molar-refractivity contribution in [3.05, 3.63) is 24.2 Å². The molecule has 0 aliphatic carbocycles. The van der Waals surface area contributed by atoms with E-state index in [1.807, 2.05) is 12.1 Å². The predicted molar refractivity (Wildman–Crippen MR) is 75.0 cm³/mol. The summed E-state index contributed by atoms with van der Waals surface area (Å²) in [5, 5.41) is 2.78. The molecule has 0 spiro atoms. The second-order valence-corrected chi connectivity index (χ2v) is 5.36. The van der Waals surface area contributed by atoms with Crippen LogP contribution in [0.4, 0.5) is 0 Å². The monoisotopic (exact) mass is 298 g/mol. The lowest BCUT2D eigenvalue weighted by Gasteiger charge is -2.14. The Hall–Kier alpha value is -1.47. The summed E-state index contributed by atoms with van der Waals surface area (Å²) in [5.74, 6) is 1.80. The third-order valence-electron chi connectivity index (χ3n) is 2.77. The number of carbonyl (C=O) groups excluding carboxylic acids is 2. The SMILES string of the molecule is O=C(CN1CSCC1=O)NCCCOCc1ccco1. The Morgan fingerprint density at radius 1 is 1.55 bits per heavy atom. The molecule has 0 radical (unpaired) electrons. The van der Waals surface area contributed by atoms with Crippen LogP contribution in [0.25, 0.3) is 0 Å². The fraction of sp³-hybridized carbons (Fsp3) is 0.538. The number of thioether (sulfide) groups is 1. The quantitative estimate of drug-likeness (QED) is 0.720. The first-order valence-electron chi connectivity index (χ1n) is 6.48. The Bertz CT molecular complexity index is 436. The smallest absolute Gasteiger partial charge is 0.239 e. The van der Waals surface area contributed by atoms with E-state index >= 15 is 0 Å². The molecule has 1 saturated heterocycles. The summed E-state index contributed by atoms with van der Waals surface area (Å²) in [6.07, 6.45) is 2.34. The summed E-state index contributed by atoms with van der Waals surface area (Å²) in [6, 6.07) is 3.67. The first-order valence-corrected chi connectivity index (χ1v) is 7.63. The fourth-order valence-electron chi connectivity index (χ4n) is 1.74. The molecular formula is C13H18N2O4S. The first-order chi connectivity index (χ1) is 9.75. The Morgan fingerprint density at radius 3 is 3.15 bits per heavy atom. The largest absolute Gasteiger partial charge is 0.467 e. The second-order valence-electron chi connectivity index (χ2n) is 4.40. The van der Waals surface area contributed by atoms with Crippen LogP contribution in [0.1, 0.15) is 12.2 Å². The van der Waals surface area contributed by atoms with Gasteiger partial charge in [0.15, 0.2) is 0 Å². The zero-order valence-corrected chi connectivity index (χ0v) is 12.0. The van der Waals surface area contributed by atoms with Gasteiger partial charge < -0.3 is 19.4 Å². The molecule has 110 valence electrons. The van der Waals surface area contributed by atoms with Crippen LogP contribution in [0.2, 0.25) is 0 Å². The Labute approximate surface area is 121 Å². The number of hydrogen-bond donors (Lipinski definition) is 1. The summed E-state index contributed by atoms with van der Waals surface area (Å²) in [5.41, 5.74) is 0. The standard InChI is InChI=1S/C13H18N2O4S/c16-12(7-15-10-20-9-13(15)17)14-4-2-5-18-8-11-3-1-6-19-11/h1,3,6H,2,4-5,7-10H2,(H,14,16). The molecule has 0 atom stereocenters. The van der Waals surface area contributed by atoms with Crippen molar-refractivity contribution in [2.45, 2.75) is 13.0 Å². The average Bonchev–Trinajstić information content (AvgIpc) is 3.07. The van der Waals surface area contributed by atoms with Crippen LogP contribution in [0.3, 0.4) is 0 Å². The molecule has 1 aliphatic rings. The number of carbonyl (C=O) groups is 2. The summed E-state index contributed by atoms with van der Waals surface area (Å²) in [4.78, 5) is 24.5. The van der Waals surface area contributed by atoms with Gasteiger partial charge in [-0.3, -0.25) is 9.59 Å². The molecule has 1 aromatic rings. The zero-order chi connectivity index (χ0) is 14.2. The number of hydrogen-bond acceptors (Lipinski definition) is 5. The van der Waals surface area contributed by atoms with Gasteiger partial charge in [0, 0.05) is 13.2 Å². The predicted octanol–water partition coefficient (Wildman–Crippen LogP) is 0.835. The van der Waals surface area contributed by atoms with Gasteiger partial charge in [0.25, 0.3) is 0 Å². The van der Waals surface area contributed by atoms with Crippen LogP contribution < -0.4 is 5.32 Å². The minimum Gasteiger partial charge on any atom is -0.467 e. The van der Waals surface area contributed by atoms with E-state index in [0.717, 1.165) is 12.2 Å². The molecule has 2 rings (SSSR count). The maximum atomic E-state index is 11.6. The molecule has 0 unspecified atom stereocenters. The number of amides is 2. The van der Waals surface area contributed by atoms with Crippen molar-refractivity contribution in [1.29, 1.82) is 0 Å². The van der Waals surface area contributed by atoms with Crippen LogP contribution in [0.5, 0.6) is 0 Å². The fourth-order valence-corrected chi connectivity index (χ4v) is 2.64. The number of nitrogens with zero attached hydrogens (tertiary/aromatic N) is 1. The van der Waals surface area contributed by atoms with Gasteiger partial charge in [0.2, 0.25) is 11.8 Å². The third kappa shape index (κ3) is 4.90. The molecule has 2 heterocycles. The molecule has 7 heteroatoms. The normalized spacial score (nSPS) is 14.8. The molecule has 1 fully saturated rings. The van der Waals surface area contributed by atoms with Gasteiger partial charge in [-0.1, -0.05) is 0 Å². The van der Waals surface area contributed by atoms with E-state index in [1.54, 1.807) is 11.2 Å². The Morgan fingerprint density at radius 2 is 2.45 bits per heavy atom. The van der Waals surface area contributed by atoms with Crippen molar-refractivity contribution in [2.75, 3.05) is 31.3 Å². The van der Waals surface area contributed by atoms with Crippen molar-refractivity contribution in [3.63, 3.8) is 0 Å². The van der Waals surface area contributed by atoms with Crippen LogP contribution >= 0.6 is 11.8 Å². The minimum absolute atomic E-state index is 0.0342. The average molecular weight is 298 g/mol. The zero-order valence-electron chi connectivity index (χ0n) is 11.2. The summed E-state index contributed by atoms with van der Waals surface area (Å²) >= 11 is 1.53. The van der Waals surface area contributed by atoms with Crippen molar-refractivity contribution < 1.29 is 18.7 Å². The van der Waals surface area contributed by atoms with Crippen LogP contribution in [0, 0.1) is 0 Å². The van der Waals surface area contributed by atoms with Crippen molar-refractivity contribution in [1.82, 2.24) is 10.2 Å². The maximum Gasteiger partial charge on any atom is 0.239 e. The Kier molecular flexibility index (Phi) is 5.94. The lowest BCUT2D eigenvalue weighted by molar-refractivity contribution is -0.132. The number of nitrogens with one attached hydrogen (secondary N) is 1. The molecule has 1 aromatic heterocycles. The van der Waals surface area contributed by atoms with Crippen molar-refractivity contribution in [2.24, 2.45) is 0 Å². The van der Waals surface area contributed by atoms with Gasteiger partial charge in [0.05, 0.1) is 17.9 Å². The van der Waals surface area contributed by atoms with Gasteiger partial charge in [-0.05, 0) is 18.6 Å². The van der Waals surface area contributed by atoms with E-state index in [2.05, 4.69) is 5.32 Å². The van der Waals surface area contributed by atoms with E-state index in [4.69, 9.17) is 9.15 Å². The lowest BCUT2D eigenvalue weighted by Crippen LogP contribution is -2.38. The van der Waals surface area contributed by atoms with Gasteiger partial charge >= 0.3 is 0 Å². The minimum atomic E-state index is -0.119. The first kappa shape index (κ1) is 14.9. The van der Waals surface area contributed by atoms with Gasteiger partial charge in [-0.15, -0.1) is 11.8 Å². The molecule has 0 bridgehead atoms. The van der Waals surface area contributed by atoms with Crippen LogP contribution in [0.15, 0.2) is 22.8 Å². The molecule has 20 heavy (non-hydrogen) atoms. The molecule has 2 amide bonds. The van der Waals surface area contributed by atoms with E-state index in [1.165, 1.54) is 11.8 Å². The van der Waals surface area contributed by atoms with E-state index in [0.29, 0.717) is 31.4 Å². The molecule has 1 aliphatic heterocycles. The van der Waals surface area contributed by atoms with E-state index < -0.39 is 0 Å². The highest BCUT2D eigenvalue weighted by atomic mass is 32.2. The summed E-state index contributed by atoms with van der Waals surface area (Å²) in [6.45, 7) is 1.70. The molecule has 1 N–H and O–H groups in total. The topological polar surface area (TPSA) is 71.8 Å². The number of ether oxygens (including phenoxy) is 1. The van der Waals surface area contributed by atoms with E-state index in [-0.39, 0.29) is 18.4 Å². The van der Waals surface area contributed by atoms with Gasteiger partial charge in [-0.25, -0.2) is 0 Å². The maximum absolute atomic E-state index is 11.6. The van der Waals surface area contributed by atoms with Crippen molar-refractivity contribution >= 4 is 23.6 Å². The third-order valence-corrected chi connectivity index (χ3v) is 3.72. The lowest BCUT2D eigenvalue weighted by atomic mass is 10.4. The summed E-state index contributed by atoms with van der Waals surface area (Å²) < 4.78 is 10.5. The van der Waals surface area contributed by atoms with E-state index in [9.17, 15) is 9.59 Å². The highest BCUT2D eigenvalue weighted by Crippen LogP contribution is 2.13. The molecule has 6 nitrogen and oxygen atoms in total. The highest BCUT2D eigenvalue weighted by Gasteiger charge is 2.22. The van der Waals surface area contributed by atoms with Gasteiger partial charge in [-0.2, -0.15) is 0 Å². The van der Waals surface area contributed by atoms with Crippen LogP contribution in [-0.2, 0) is 20.9 Å². The summed E-state index contributed by atoms with van der Waals surface area (Å²) in [7, 11) is 0.